The minimum Gasteiger partial charge on any atom is -0.365 e. The fourth-order valence-electron chi connectivity index (χ4n) is 3.27. The van der Waals surface area contributed by atoms with Crippen molar-refractivity contribution in [1.29, 1.82) is 0 Å². The SMILES string of the molecule is [C-]#[N+]CC1(n2cc(C(N)=O)c(NC(=O)C3CC3)n2)CCCCC1. The van der Waals surface area contributed by atoms with E-state index in [-0.39, 0.29) is 23.2 Å². The van der Waals surface area contributed by atoms with Crippen LogP contribution in [0.2, 0.25) is 0 Å². The molecule has 2 amide bonds. The Balaban J connectivity index is 1.93. The summed E-state index contributed by atoms with van der Waals surface area (Å²) in [7, 11) is 0. The summed E-state index contributed by atoms with van der Waals surface area (Å²) < 4.78 is 1.70. The molecule has 0 aliphatic heterocycles. The number of anilines is 1. The van der Waals surface area contributed by atoms with E-state index in [2.05, 4.69) is 15.3 Å². The average Bonchev–Trinajstić information content (AvgIpc) is 3.29. The van der Waals surface area contributed by atoms with Gasteiger partial charge in [0.15, 0.2) is 5.82 Å². The van der Waals surface area contributed by atoms with Gasteiger partial charge in [-0.2, -0.15) is 5.10 Å². The van der Waals surface area contributed by atoms with Crippen LogP contribution in [0.4, 0.5) is 5.82 Å². The Labute approximate surface area is 135 Å². The largest absolute Gasteiger partial charge is 0.365 e. The molecule has 0 bridgehead atoms. The summed E-state index contributed by atoms with van der Waals surface area (Å²) >= 11 is 0. The molecule has 0 spiro atoms. The number of nitrogens with one attached hydrogen (secondary N) is 1. The first-order valence-electron chi connectivity index (χ1n) is 8.10. The number of amides is 2. The lowest BCUT2D eigenvalue weighted by molar-refractivity contribution is -0.117. The van der Waals surface area contributed by atoms with Gasteiger partial charge in [0, 0.05) is 12.1 Å². The van der Waals surface area contributed by atoms with Crippen molar-refractivity contribution in [2.75, 3.05) is 11.9 Å². The smallest absolute Gasteiger partial charge is 0.254 e. The number of hydrogen-bond acceptors (Lipinski definition) is 3. The van der Waals surface area contributed by atoms with E-state index in [9.17, 15) is 9.59 Å². The zero-order valence-corrected chi connectivity index (χ0v) is 13.0. The van der Waals surface area contributed by atoms with Crippen LogP contribution in [-0.4, -0.2) is 28.1 Å². The number of carbonyl (C=O) groups excluding carboxylic acids is 2. The molecule has 1 heterocycles. The first kappa shape index (κ1) is 15.5. The van der Waals surface area contributed by atoms with Crippen LogP contribution < -0.4 is 11.1 Å². The topological polar surface area (TPSA) is 94.4 Å². The fraction of sp³-hybridized carbons (Fsp3) is 0.625. The number of aromatic nitrogens is 2. The Kier molecular flexibility index (Phi) is 4.07. The number of hydrogen-bond donors (Lipinski definition) is 2. The molecule has 1 aromatic rings. The fourth-order valence-corrected chi connectivity index (χ4v) is 3.27. The van der Waals surface area contributed by atoms with Gasteiger partial charge in [-0.1, -0.05) is 19.3 Å². The van der Waals surface area contributed by atoms with Gasteiger partial charge in [0.1, 0.15) is 11.1 Å². The van der Waals surface area contributed by atoms with Gasteiger partial charge in [-0.25, -0.2) is 6.57 Å². The molecule has 23 heavy (non-hydrogen) atoms. The maximum atomic E-state index is 12.0. The van der Waals surface area contributed by atoms with Crippen molar-refractivity contribution in [3.63, 3.8) is 0 Å². The lowest BCUT2D eigenvalue weighted by atomic mass is 9.82. The van der Waals surface area contributed by atoms with E-state index < -0.39 is 11.4 Å². The molecule has 3 rings (SSSR count). The highest BCUT2D eigenvalue weighted by Crippen LogP contribution is 2.36. The standard InChI is InChI=1S/C16H21N5O2/c1-18-10-16(7-3-2-4-8-16)21-9-12(13(17)22)14(20-21)19-15(23)11-5-6-11/h9,11H,2-8,10H2,(H2,17,22)(H,19,20,23). The molecule has 3 N–H and O–H groups in total. The maximum absolute atomic E-state index is 12.0. The van der Waals surface area contributed by atoms with E-state index in [1.165, 1.54) is 0 Å². The molecule has 0 aromatic carbocycles. The third kappa shape index (κ3) is 3.07. The Bertz CT molecular complexity index is 663. The van der Waals surface area contributed by atoms with Crippen molar-refractivity contribution in [3.05, 3.63) is 23.2 Å². The quantitative estimate of drug-likeness (QED) is 0.813. The van der Waals surface area contributed by atoms with Crippen molar-refractivity contribution in [2.45, 2.75) is 50.5 Å². The normalized spacial score (nSPS) is 19.8. The molecule has 2 aliphatic carbocycles. The van der Waals surface area contributed by atoms with Crippen LogP contribution in [0, 0.1) is 12.5 Å². The van der Waals surface area contributed by atoms with Crippen molar-refractivity contribution >= 4 is 17.6 Å². The highest BCUT2D eigenvalue weighted by molar-refractivity contribution is 6.02. The van der Waals surface area contributed by atoms with Crippen molar-refractivity contribution in [2.24, 2.45) is 11.7 Å². The summed E-state index contributed by atoms with van der Waals surface area (Å²) in [5.41, 5.74) is 5.26. The van der Waals surface area contributed by atoms with Crippen LogP contribution in [0.3, 0.4) is 0 Å². The molecule has 122 valence electrons. The molecule has 0 atom stereocenters. The van der Waals surface area contributed by atoms with Gasteiger partial charge in [-0.05, 0) is 25.7 Å². The molecule has 1 aromatic heterocycles. The third-order valence-electron chi connectivity index (χ3n) is 4.81. The van der Waals surface area contributed by atoms with Gasteiger partial charge < -0.3 is 15.9 Å². The number of nitrogens with zero attached hydrogens (tertiary/aromatic N) is 3. The maximum Gasteiger partial charge on any atom is 0.254 e. The second-order valence-electron chi connectivity index (χ2n) is 6.56. The minimum absolute atomic E-state index is 0.0211. The summed E-state index contributed by atoms with van der Waals surface area (Å²) in [4.78, 5) is 27.3. The van der Waals surface area contributed by atoms with Gasteiger partial charge >= 0.3 is 0 Å². The van der Waals surface area contributed by atoms with Crippen molar-refractivity contribution in [1.82, 2.24) is 9.78 Å². The highest BCUT2D eigenvalue weighted by Gasteiger charge is 2.39. The van der Waals surface area contributed by atoms with Crippen molar-refractivity contribution in [3.8, 4) is 0 Å². The number of nitrogens with two attached hydrogens (primary N) is 1. The van der Waals surface area contributed by atoms with E-state index in [0.29, 0.717) is 6.54 Å². The number of carbonyl (C=O) groups is 2. The zero-order chi connectivity index (χ0) is 16.4. The van der Waals surface area contributed by atoms with Crippen LogP contribution in [0.25, 0.3) is 4.85 Å². The molecule has 0 radical (unpaired) electrons. The molecule has 0 saturated heterocycles. The zero-order valence-electron chi connectivity index (χ0n) is 13.0. The summed E-state index contributed by atoms with van der Waals surface area (Å²) in [6, 6.07) is 0. The minimum atomic E-state index is -0.615. The van der Waals surface area contributed by atoms with E-state index in [0.717, 1.165) is 44.9 Å². The molecule has 7 nitrogen and oxygen atoms in total. The number of rotatable bonds is 5. The van der Waals surface area contributed by atoms with Crippen LogP contribution in [0.5, 0.6) is 0 Å². The van der Waals surface area contributed by atoms with Crippen LogP contribution in [0.15, 0.2) is 6.20 Å². The van der Waals surface area contributed by atoms with Gasteiger partial charge in [0.05, 0.1) is 0 Å². The van der Waals surface area contributed by atoms with Gasteiger partial charge in [0.25, 0.3) is 5.91 Å². The number of primary amides is 1. The summed E-state index contributed by atoms with van der Waals surface area (Å²) in [5.74, 6) is -0.478. The first-order valence-corrected chi connectivity index (χ1v) is 8.10. The Hall–Kier alpha value is -2.36. The predicted octanol–water partition coefficient (Wildman–Crippen LogP) is 1.91. The molecule has 0 unspecified atom stereocenters. The van der Waals surface area contributed by atoms with E-state index >= 15 is 0 Å². The first-order chi connectivity index (χ1) is 11.1. The van der Waals surface area contributed by atoms with Crippen LogP contribution in [-0.2, 0) is 10.3 Å². The highest BCUT2D eigenvalue weighted by atomic mass is 16.2. The van der Waals surface area contributed by atoms with E-state index in [1.54, 1.807) is 10.9 Å². The summed E-state index contributed by atoms with van der Waals surface area (Å²) in [5, 5.41) is 7.16. The monoisotopic (exact) mass is 315 g/mol. The molecule has 2 saturated carbocycles. The molecular formula is C16H21N5O2. The van der Waals surface area contributed by atoms with Gasteiger partial charge in [-0.15, -0.1) is 0 Å². The lowest BCUT2D eigenvalue weighted by Crippen LogP contribution is -2.39. The molecule has 2 aliphatic rings. The Morgan fingerprint density at radius 3 is 2.65 bits per heavy atom. The molecule has 7 heteroatoms. The molecular weight excluding hydrogens is 294 g/mol. The Morgan fingerprint density at radius 2 is 2.09 bits per heavy atom. The second kappa shape index (κ2) is 6.03. The van der Waals surface area contributed by atoms with Gasteiger partial charge in [0.2, 0.25) is 12.5 Å². The lowest BCUT2D eigenvalue weighted by Gasteiger charge is -2.33. The second-order valence-corrected chi connectivity index (χ2v) is 6.56. The average molecular weight is 315 g/mol. The summed E-state index contributed by atoms with van der Waals surface area (Å²) in [6.45, 7) is 7.58. The molecule has 2 fully saturated rings. The summed E-state index contributed by atoms with van der Waals surface area (Å²) in [6.07, 6.45) is 8.27. The predicted molar refractivity (Wildman–Crippen MR) is 84.6 cm³/mol. The van der Waals surface area contributed by atoms with Crippen LogP contribution in [0.1, 0.15) is 55.3 Å². The van der Waals surface area contributed by atoms with Crippen molar-refractivity contribution < 1.29 is 9.59 Å². The van der Waals surface area contributed by atoms with Gasteiger partial charge in [-0.3, -0.25) is 14.3 Å². The third-order valence-corrected chi connectivity index (χ3v) is 4.81. The van der Waals surface area contributed by atoms with E-state index in [4.69, 9.17) is 12.3 Å². The van der Waals surface area contributed by atoms with Crippen LogP contribution >= 0.6 is 0 Å². The van der Waals surface area contributed by atoms with E-state index in [1.807, 2.05) is 0 Å². The Morgan fingerprint density at radius 1 is 1.39 bits per heavy atom.